The lowest BCUT2D eigenvalue weighted by Crippen LogP contribution is -2.22. The quantitative estimate of drug-likeness (QED) is 0.724. The van der Waals surface area contributed by atoms with E-state index in [1.54, 1.807) is 0 Å². The average Bonchev–Trinajstić information content (AvgIpc) is 2.28. The third-order valence-corrected chi connectivity index (χ3v) is 3.48. The first kappa shape index (κ1) is 14.2. The third-order valence-electron chi connectivity index (χ3n) is 3.48. The van der Waals surface area contributed by atoms with Crippen LogP contribution >= 0.6 is 0 Å². The molecule has 0 fully saturated rings. The van der Waals surface area contributed by atoms with Crippen LogP contribution in [0.1, 0.15) is 39.5 Å². The molecule has 0 spiro atoms. The highest BCUT2D eigenvalue weighted by atomic mass is 16.3. The van der Waals surface area contributed by atoms with Gasteiger partial charge in [0, 0.05) is 5.92 Å². The van der Waals surface area contributed by atoms with E-state index in [4.69, 9.17) is 0 Å². The van der Waals surface area contributed by atoms with Gasteiger partial charge in [0.2, 0.25) is 0 Å². The Morgan fingerprint density at radius 3 is 2.71 bits per heavy atom. The van der Waals surface area contributed by atoms with Crippen molar-refractivity contribution < 1.29 is 10.2 Å². The van der Waals surface area contributed by atoms with E-state index in [1.165, 1.54) is 11.1 Å². The van der Waals surface area contributed by atoms with E-state index in [9.17, 15) is 10.2 Å². The molecule has 2 N–H and O–H groups in total. The fourth-order valence-electron chi connectivity index (χ4n) is 2.26. The third kappa shape index (κ3) is 4.49. The number of hydrogen-bond donors (Lipinski definition) is 2. The molecule has 2 heteroatoms. The SMILES string of the molecule is C=C(CO)[C@@H]1CC/C(C)=C/CC/C(C)=C/[C@H]1O. The molecule has 2 nitrogen and oxygen atoms in total. The van der Waals surface area contributed by atoms with Gasteiger partial charge < -0.3 is 10.2 Å². The van der Waals surface area contributed by atoms with Gasteiger partial charge in [-0.05, 0) is 45.1 Å². The Morgan fingerprint density at radius 2 is 2.06 bits per heavy atom. The van der Waals surface area contributed by atoms with Crippen molar-refractivity contribution in [3.05, 3.63) is 35.5 Å². The lowest BCUT2D eigenvalue weighted by Gasteiger charge is -2.23. The van der Waals surface area contributed by atoms with Crippen molar-refractivity contribution >= 4 is 0 Å². The van der Waals surface area contributed by atoms with Crippen molar-refractivity contribution in [3.63, 3.8) is 0 Å². The van der Waals surface area contributed by atoms with Crippen LogP contribution in [0.2, 0.25) is 0 Å². The Labute approximate surface area is 104 Å². The summed E-state index contributed by atoms with van der Waals surface area (Å²) in [4.78, 5) is 0. The van der Waals surface area contributed by atoms with E-state index in [1.807, 2.05) is 13.0 Å². The Hall–Kier alpha value is -0.860. The molecule has 1 rings (SSSR count). The average molecular weight is 236 g/mol. The summed E-state index contributed by atoms with van der Waals surface area (Å²) in [7, 11) is 0. The molecule has 0 heterocycles. The van der Waals surface area contributed by atoms with Gasteiger partial charge in [0.05, 0.1) is 12.7 Å². The van der Waals surface area contributed by atoms with Crippen molar-refractivity contribution in [2.75, 3.05) is 6.61 Å². The predicted octanol–water partition coefficient (Wildman–Crippen LogP) is 2.98. The van der Waals surface area contributed by atoms with Crippen molar-refractivity contribution in [1.29, 1.82) is 0 Å². The summed E-state index contributed by atoms with van der Waals surface area (Å²) in [6.45, 7) is 8.00. The maximum Gasteiger partial charge on any atom is 0.0789 e. The molecule has 0 saturated carbocycles. The zero-order valence-corrected chi connectivity index (χ0v) is 10.9. The number of hydrogen-bond acceptors (Lipinski definition) is 2. The van der Waals surface area contributed by atoms with Gasteiger partial charge in [-0.15, -0.1) is 0 Å². The maximum atomic E-state index is 10.2. The minimum Gasteiger partial charge on any atom is -0.392 e. The lowest BCUT2D eigenvalue weighted by molar-refractivity contribution is 0.154. The zero-order chi connectivity index (χ0) is 12.8. The van der Waals surface area contributed by atoms with Gasteiger partial charge in [0.25, 0.3) is 0 Å². The van der Waals surface area contributed by atoms with Crippen LogP contribution in [-0.2, 0) is 0 Å². The Balaban J connectivity index is 2.86. The minimum atomic E-state index is -0.513. The highest BCUT2D eigenvalue weighted by Gasteiger charge is 2.20. The van der Waals surface area contributed by atoms with E-state index < -0.39 is 6.10 Å². The molecule has 0 radical (unpaired) electrons. The molecule has 0 aromatic rings. The fraction of sp³-hybridized carbons (Fsp3) is 0.600. The van der Waals surface area contributed by atoms with Gasteiger partial charge in [-0.2, -0.15) is 0 Å². The Morgan fingerprint density at radius 1 is 1.35 bits per heavy atom. The molecule has 0 amide bonds. The van der Waals surface area contributed by atoms with Crippen LogP contribution in [0.15, 0.2) is 35.5 Å². The number of aliphatic hydroxyl groups is 2. The first-order chi connectivity index (χ1) is 8.04. The van der Waals surface area contributed by atoms with Crippen LogP contribution in [0.5, 0.6) is 0 Å². The van der Waals surface area contributed by atoms with E-state index >= 15 is 0 Å². The Bertz CT molecular complexity index is 326. The number of rotatable bonds is 2. The summed E-state index contributed by atoms with van der Waals surface area (Å²) in [5, 5.41) is 19.4. The van der Waals surface area contributed by atoms with Crippen molar-refractivity contribution in [2.45, 2.75) is 45.6 Å². The summed E-state index contributed by atoms with van der Waals surface area (Å²) < 4.78 is 0. The molecule has 0 aliphatic heterocycles. The van der Waals surface area contributed by atoms with Crippen LogP contribution in [0.3, 0.4) is 0 Å². The van der Waals surface area contributed by atoms with Gasteiger partial charge in [-0.25, -0.2) is 0 Å². The van der Waals surface area contributed by atoms with Gasteiger partial charge in [-0.1, -0.05) is 29.9 Å². The van der Waals surface area contributed by atoms with E-state index in [2.05, 4.69) is 19.6 Å². The van der Waals surface area contributed by atoms with E-state index in [-0.39, 0.29) is 12.5 Å². The topological polar surface area (TPSA) is 40.5 Å². The van der Waals surface area contributed by atoms with Crippen LogP contribution in [0, 0.1) is 5.92 Å². The first-order valence-electron chi connectivity index (χ1n) is 6.34. The molecular formula is C15H24O2. The monoisotopic (exact) mass is 236 g/mol. The molecule has 0 saturated heterocycles. The largest absolute Gasteiger partial charge is 0.392 e. The predicted molar refractivity (Wildman–Crippen MR) is 71.7 cm³/mol. The van der Waals surface area contributed by atoms with Gasteiger partial charge in [0.15, 0.2) is 0 Å². The smallest absolute Gasteiger partial charge is 0.0789 e. The molecule has 0 bridgehead atoms. The molecule has 96 valence electrons. The maximum absolute atomic E-state index is 10.2. The van der Waals surface area contributed by atoms with Gasteiger partial charge in [0.1, 0.15) is 0 Å². The van der Waals surface area contributed by atoms with Gasteiger partial charge >= 0.3 is 0 Å². The van der Waals surface area contributed by atoms with Crippen molar-refractivity contribution in [1.82, 2.24) is 0 Å². The summed E-state index contributed by atoms with van der Waals surface area (Å²) in [6, 6.07) is 0. The molecule has 1 aliphatic carbocycles. The van der Waals surface area contributed by atoms with Crippen LogP contribution < -0.4 is 0 Å². The fourth-order valence-corrected chi connectivity index (χ4v) is 2.26. The van der Waals surface area contributed by atoms with E-state index in [0.717, 1.165) is 31.3 Å². The molecule has 0 unspecified atom stereocenters. The van der Waals surface area contributed by atoms with Crippen molar-refractivity contribution in [2.24, 2.45) is 5.92 Å². The summed E-state index contributed by atoms with van der Waals surface area (Å²) in [5.41, 5.74) is 3.30. The number of aliphatic hydroxyl groups excluding tert-OH is 2. The molecule has 2 atom stereocenters. The van der Waals surface area contributed by atoms with Crippen molar-refractivity contribution in [3.8, 4) is 0 Å². The van der Waals surface area contributed by atoms with Crippen LogP contribution in [-0.4, -0.2) is 22.9 Å². The lowest BCUT2D eigenvalue weighted by atomic mass is 9.86. The number of allylic oxidation sites excluding steroid dienone is 3. The van der Waals surface area contributed by atoms with Crippen LogP contribution in [0.25, 0.3) is 0 Å². The second-order valence-electron chi connectivity index (χ2n) is 5.05. The Kier molecular flexibility index (Phi) is 5.66. The summed E-state index contributed by atoms with van der Waals surface area (Å²) in [5.74, 6) is -0.0311. The zero-order valence-electron chi connectivity index (χ0n) is 10.9. The van der Waals surface area contributed by atoms with Crippen LogP contribution in [0.4, 0.5) is 0 Å². The normalized spacial score (nSPS) is 33.2. The summed E-state index contributed by atoms with van der Waals surface area (Å²) in [6.07, 6.45) is 7.54. The molecule has 17 heavy (non-hydrogen) atoms. The first-order valence-corrected chi connectivity index (χ1v) is 6.34. The highest BCUT2D eigenvalue weighted by molar-refractivity contribution is 5.14. The second kappa shape index (κ2) is 6.77. The highest BCUT2D eigenvalue weighted by Crippen LogP contribution is 2.25. The minimum absolute atomic E-state index is 0.0311. The van der Waals surface area contributed by atoms with E-state index in [0.29, 0.717) is 0 Å². The van der Waals surface area contributed by atoms with Gasteiger partial charge in [-0.3, -0.25) is 0 Å². The standard InChI is InChI=1S/C15H24O2/c1-11-5-4-6-12(2)9-15(17)14(8-7-11)13(3)10-16/h5,9,14-17H,3-4,6-8,10H2,1-2H3/b11-5+,12-9+/t14-,15+/m0/s1. The molecule has 0 aromatic heterocycles. The molecule has 1 aliphatic rings. The second-order valence-corrected chi connectivity index (χ2v) is 5.05. The molecule has 0 aromatic carbocycles. The summed E-state index contributed by atoms with van der Waals surface area (Å²) >= 11 is 0. The molecular weight excluding hydrogens is 212 g/mol.